The molecule has 0 aromatic heterocycles. The fourth-order valence-corrected chi connectivity index (χ4v) is 3.52. The van der Waals surface area contributed by atoms with Crippen LogP contribution in [0.3, 0.4) is 0 Å². The number of nitrogens with zero attached hydrogens (tertiary/aromatic N) is 1. The van der Waals surface area contributed by atoms with Gasteiger partial charge in [0.1, 0.15) is 0 Å². The van der Waals surface area contributed by atoms with Gasteiger partial charge < -0.3 is 20.0 Å². The Morgan fingerprint density at radius 2 is 1.03 bits per heavy atom. The van der Waals surface area contributed by atoms with E-state index in [0.717, 1.165) is 32.2 Å². The van der Waals surface area contributed by atoms with Crippen LogP contribution in [0.4, 0.5) is 0 Å². The maximum absolute atomic E-state index is 10.1. The van der Waals surface area contributed by atoms with Crippen molar-refractivity contribution in [3.63, 3.8) is 0 Å². The standard InChI is InChI=1S/C16H35NO2.C6H15O4P/c1-2-3-4-5-6-7-8-9-10-11-12-17(13-15-18)14-16-19;1-2-3-4-5-6-10-11(7,8)9/h18-19H,2-16H2,1H3;2-6H2,1H3,(H2,7,8,9). The molecular formula is C22H50NO6P. The molecule has 4 N–H and O–H groups in total. The van der Waals surface area contributed by atoms with E-state index in [-0.39, 0.29) is 19.8 Å². The van der Waals surface area contributed by atoms with Gasteiger partial charge in [0.25, 0.3) is 0 Å². The summed E-state index contributed by atoms with van der Waals surface area (Å²) in [7, 11) is -4.21. The molecule has 0 aromatic carbocycles. The Kier molecular flexibility index (Phi) is 27.1. The summed E-state index contributed by atoms with van der Waals surface area (Å²) in [6, 6.07) is 0. The van der Waals surface area contributed by atoms with Gasteiger partial charge in [-0.05, 0) is 19.4 Å². The molecule has 30 heavy (non-hydrogen) atoms. The van der Waals surface area contributed by atoms with Crippen molar-refractivity contribution in [3.8, 4) is 0 Å². The summed E-state index contributed by atoms with van der Waals surface area (Å²) in [6.07, 6.45) is 17.4. The summed E-state index contributed by atoms with van der Waals surface area (Å²) in [4.78, 5) is 18.7. The molecule has 0 atom stereocenters. The molecule has 0 spiro atoms. The summed E-state index contributed by atoms with van der Waals surface area (Å²) in [5.74, 6) is 0. The third kappa shape index (κ3) is 30.2. The van der Waals surface area contributed by atoms with Crippen LogP contribution in [0.15, 0.2) is 0 Å². The Morgan fingerprint density at radius 1 is 0.633 bits per heavy atom. The molecule has 8 heteroatoms. The molecule has 0 amide bonds. The molecule has 0 radical (unpaired) electrons. The molecule has 0 aromatic rings. The summed E-state index contributed by atoms with van der Waals surface area (Å²) in [6.45, 7) is 7.27. The summed E-state index contributed by atoms with van der Waals surface area (Å²) >= 11 is 0. The quantitative estimate of drug-likeness (QED) is 0.144. The van der Waals surface area contributed by atoms with E-state index in [9.17, 15) is 4.57 Å². The molecule has 0 fully saturated rings. The van der Waals surface area contributed by atoms with Gasteiger partial charge in [0.05, 0.1) is 19.8 Å². The topological polar surface area (TPSA) is 110 Å². The maximum Gasteiger partial charge on any atom is 0.469 e. The lowest BCUT2D eigenvalue weighted by Crippen LogP contribution is -2.30. The van der Waals surface area contributed by atoms with E-state index in [1.54, 1.807) is 0 Å². The predicted octanol–water partition coefficient (Wildman–Crippen LogP) is 4.87. The van der Waals surface area contributed by atoms with Crippen LogP contribution < -0.4 is 0 Å². The number of hydrogen-bond acceptors (Lipinski definition) is 5. The number of aliphatic hydroxyl groups excluding tert-OH is 2. The molecule has 184 valence electrons. The number of phosphoric ester groups is 1. The summed E-state index contributed by atoms with van der Waals surface area (Å²) < 4.78 is 14.4. The van der Waals surface area contributed by atoms with Crippen LogP contribution in [0.1, 0.15) is 104 Å². The normalized spacial score (nSPS) is 11.6. The van der Waals surface area contributed by atoms with Gasteiger partial charge in [-0.2, -0.15) is 0 Å². The lowest BCUT2D eigenvalue weighted by atomic mass is 10.1. The Morgan fingerprint density at radius 3 is 1.43 bits per heavy atom. The third-order valence-corrected chi connectivity index (χ3v) is 5.44. The maximum atomic E-state index is 10.1. The van der Waals surface area contributed by atoms with Crippen molar-refractivity contribution in [3.05, 3.63) is 0 Å². The molecule has 7 nitrogen and oxygen atoms in total. The SMILES string of the molecule is CCCCCCCCCCCCN(CCO)CCO.CCCCCCOP(=O)(O)O. The number of aliphatic hydroxyl groups is 2. The molecule has 0 aliphatic rings. The molecule has 0 heterocycles. The highest BCUT2D eigenvalue weighted by Gasteiger charge is 2.12. The van der Waals surface area contributed by atoms with Crippen molar-refractivity contribution in [2.24, 2.45) is 0 Å². The summed E-state index contributed by atoms with van der Waals surface area (Å²) in [5, 5.41) is 17.8. The lowest BCUT2D eigenvalue weighted by molar-refractivity contribution is 0.159. The zero-order valence-corrected chi connectivity index (χ0v) is 20.5. The van der Waals surface area contributed by atoms with Crippen LogP contribution in [0, 0.1) is 0 Å². The number of phosphoric acid groups is 1. The first-order chi connectivity index (χ1) is 14.4. The second kappa shape index (κ2) is 25.3. The van der Waals surface area contributed by atoms with E-state index in [1.165, 1.54) is 64.2 Å². The molecule has 0 unspecified atom stereocenters. The Hall–Kier alpha value is -0.0100. The van der Waals surface area contributed by atoms with E-state index in [1.807, 2.05) is 0 Å². The molecule has 0 aliphatic heterocycles. The van der Waals surface area contributed by atoms with Gasteiger partial charge >= 0.3 is 7.82 Å². The van der Waals surface area contributed by atoms with Gasteiger partial charge in [0, 0.05) is 13.1 Å². The minimum absolute atomic E-state index is 0.157. The lowest BCUT2D eigenvalue weighted by Gasteiger charge is -2.19. The monoisotopic (exact) mass is 455 g/mol. The zero-order valence-electron chi connectivity index (χ0n) is 19.6. The average Bonchev–Trinajstić information content (AvgIpc) is 2.69. The second-order valence-electron chi connectivity index (χ2n) is 7.86. The first kappa shape index (κ1) is 32.2. The second-order valence-corrected chi connectivity index (χ2v) is 9.09. The molecule has 0 saturated carbocycles. The Bertz CT molecular complexity index is 362. The zero-order chi connectivity index (χ0) is 22.9. The van der Waals surface area contributed by atoms with E-state index in [0.29, 0.717) is 13.1 Å². The van der Waals surface area contributed by atoms with Crippen LogP contribution in [0.2, 0.25) is 0 Å². The van der Waals surface area contributed by atoms with Crippen molar-refractivity contribution in [1.29, 1.82) is 0 Å². The fourth-order valence-electron chi connectivity index (χ4n) is 3.15. The van der Waals surface area contributed by atoms with E-state index in [4.69, 9.17) is 20.0 Å². The van der Waals surface area contributed by atoms with Crippen LogP contribution in [0.25, 0.3) is 0 Å². The Balaban J connectivity index is 0. The molecular weight excluding hydrogens is 405 g/mol. The number of rotatable bonds is 21. The summed E-state index contributed by atoms with van der Waals surface area (Å²) in [5.41, 5.74) is 0. The Labute approximate surface area is 185 Å². The first-order valence-corrected chi connectivity index (χ1v) is 13.6. The van der Waals surface area contributed by atoms with Gasteiger partial charge in [-0.25, -0.2) is 4.57 Å². The van der Waals surface area contributed by atoms with Crippen LogP contribution in [-0.4, -0.2) is 64.4 Å². The van der Waals surface area contributed by atoms with Crippen molar-refractivity contribution in [2.45, 2.75) is 104 Å². The number of unbranched alkanes of at least 4 members (excludes halogenated alkanes) is 12. The average molecular weight is 456 g/mol. The largest absolute Gasteiger partial charge is 0.469 e. The van der Waals surface area contributed by atoms with E-state index in [2.05, 4.69) is 23.3 Å². The van der Waals surface area contributed by atoms with Gasteiger partial charge in [-0.1, -0.05) is 90.9 Å². The third-order valence-electron chi connectivity index (χ3n) is 4.92. The van der Waals surface area contributed by atoms with Gasteiger partial charge in [-0.15, -0.1) is 0 Å². The predicted molar refractivity (Wildman–Crippen MR) is 125 cm³/mol. The van der Waals surface area contributed by atoms with Gasteiger partial charge in [0.2, 0.25) is 0 Å². The van der Waals surface area contributed by atoms with Gasteiger partial charge in [0.15, 0.2) is 0 Å². The van der Waals surface area contributed by atoms with Crippen molar-refractivity contribution >= 4 is 7.82 Å². The molecule has 0 saturated heterocycles. The van der Waals surface area contributed by atoms with Crippen LogP contribution >= 0.6 is 7.82 Å². The number of hydrogen-bond donors (Lipinski definition) is 4. The highest BCUT2D eigenvalue weighted by molar-refractivity contribution is 7.46. The highest BCUT2D eigenvalue weighted by atomic mass is 31.2. The fraction of sp³-hybridized carbons (Fsp3) is 1.00. The van der Waals surface area contributed by atoms with Crippen LogP contribution in [-0.2, 0) is 9.09 Å². The minimum Gasteiger partial charge on any atom is -0.395 e. The van der Waals surface area contributed by atoms with E-state index < -0.39 is 7.82 Å². The molecule has 0 rings (SSSR count). The van der Waals surface area contributed by atoms with Crippen molar-refractivity contribution in [2.75, 3.05) is 39.5 Å². The van der Waals surface area contributed by atoms with Gasteiger partial charge in [-0.3, -0.25) is 9.42 Å². The van der Waals surface area contributed by atoms with E-state index >= 15 is 0 Å². The first-order valence-electron chi connectivity index (χ1n) is 12.0. The smallest absolute Gasteiger partial charge is 0.395 e. The van der Waals surface area contributed by atoms with Crippen molar-refractivity contribution in [1.82, 2.24) is 4.90 Å². The van der Waals surface area contributed by atoms with Crippen LogP contribution in [0.5, 0.6) is 0 Å². The molecule has 0 bridgehead atoms. The van der Waals surface area contributed by atoms with Crippen molar-refractivity contribution < 1.29 is 29.1 Å². The minimum atomic E-state index is -4.21. The molecule has 0 aliphatic carbocycles. The highest BCUT2D eigenvalue weighted by Crippen LogP contribution is 2.35.